The van der Waals surface area contributed by atoms with E-state index < -0.39 is 0 Å². The Labute approximate surface area is 121 Å². The van der Waals surface area contributed by atoms with E-state index in [9.17, 15) is 0 Å². The Morgan fingerprint density at radius 1 is 1.00 bits per heavy atom. The number of fused-ring (bicyclic) bond motifs is 1. The lowest BCUT2D eigenvalue weighted by Crippen LogP contribution is -2.08. The van der Waals surface area contributed by atoms with Gasteiger partial charge in [0.2, 0.25) is 5.95 Å². The zero-order valence-corrected chi connectivity index (χ0v) is 11.3. The molecule has 0 spiro atoms. The maximum Gasteiger partial charge on any atom is 0.230 e. The van der Waals surface area contributed by atoms with Gasteiger partial charge in [-0.3, -0.25) is 0 Å². The molecule has 3 aromatic rings. The number of rotatable bonds is 5. The van der Waals surface area contributed by atoms with Crippen LogP contribution in [0.1, 0.15) is 0 Å². The van der Waals surface area contributed by atoms with E-state index in [1.807, 2.05) is 30.3 Å². The molecule has 21 heavy (non-hydrogen) atoms. The maximum absolute atomic E-state index is 8.82. The first kappa shape index (κ1) is 13.3. The Balaban J connectivity index is 1.88. The number of aliphatic hydroxyl groups excluding tert-OH is 1. The third-order valence-electron chi connectivity index (χ3n) is 2.98. The molecule has 0 bridgehead atoms. The Bertz CT molecular complexity index is 741. The van der Waals surface area contributed by atoms with E-state index >= 15 is 0 Å². The number of aliphatic hydroxyl groups is 1. The summed E-state index contributed by atoms with van der Waals surface area (Å²) in [7, 11) is 0. The number of pyridine rings is 1. The summed E-state index contributed by atoms with van der Waals surface area (Å²) in [5.74, 6) is 1.83. The van der Waals surface area contributed by atoms with Crippen LogP contribution in [-0.2, 0) is 0 Å². The van der Waals surface area contributed by atoms with Gasteiger partial charge in [0.25, 0.3) is 0 Å². The van der Waals surface area contributed by atoms with Gasteiger partial charge in [-0.05, 0) is 17.5 Å². The third kappa shape index (κ3) is 3.06. The van der Waals surface area contributed by atoms with Crippen LogP contribution in [0.4, 0.5) is 17.6 Å². The first-order valence-corrected chi connectivity index (χ1v) is 6.65. The fourth-order valence-electron chi connectivity index (χ4n) is 2.03. The molecule has 3 N–H and O–H groups in total. The molecule has 0 aliphatic carbocycles. The largest absolute Gasteiger partial charge is 0.395 e. The summed E-state index contributed by atoms with van der Waals surface area (Å²) in [6.45, 7) is 0.501. The summed E-state index contributed by atoms with van der Waals surface area (Å²) in [6, 6.07) is 11.7. The lowest BCUT2D eigenvalue weighted by Gasteiger charge is -2.09. The molecule has 2 aromatic heterocycles. The van der Waals surface area contributed by atoms with Gasteiger partial charge in [0.05, 0.1) is 6.61 Å². The van der Waals surface area contributed by atoms with Crippen LogP contribution in [0.2, 0.25) is 0 Å². The second-order valence-corrected chi connectivity index (χ2v) is 4.42. The summed E-state index contributed by atoms with van der Waals surface area (Å²) in [4.78, 5) is 12.9. The van der Waals surface area contributed by atoms with Gasteiger partial charge in [0.1, 0.15) is 11.6 Å². The molecule has 2 heterocycles. The third-order valence-corrected chi connectivity index (χ3v) is 2.98. The maximum atomic E-state index is 8.82. The highest BCUT2D eigenvalue weighted by atomic mass is 16.3. The molecule has 0 saturated heterocycles. The fourth-order valence-corrected chi connectivity index (χ4v) is 2.03. The molecule has 0 aliphatic rings. The van der Waals surface area contributed by atoms with Gasteiger partial charge < -0.3 is 15.7 Å². The smallest absolute Gasteiger partial charge is 0.230 e. The number of hydrogen-bond donors (Lipinski definition) is 3. The van der Waals surface area contributed by atoms with E-state index in [2.05, 4.69) is 25.6 Å². The zero-order valence-electron chi connectivity index (χ0n) is 11.3. The molecule has 1 aromatic carbocycles. The van der Waals surface area contributed by atoms with Crippen LogP contribution in [0, 0.1) is 0 Å². The standard InChI is InChI=1S/C15H15N5O/c21-10-9-16-13-6-8-18-15(19-13)20-14-12-4-2-1-3-11(12)5-7-17-14/h1-8,21H,9-10H2,(H2,16,17,18,19,20). The molecule has 0 amide bonds. The average molecular weight is 281 g/mol. The lowest BCUT2D eigenvalue weighted by molar-refractivity contribution is 0.311. The Kier molecular flexibility index (Phi) is 3.88. The minimum absolute atomic E-state index is 0.0532. The molecule has 3 rings (SSSR count). The van der Waals surface area contributed by atoms with E-state index in [1.54, 1.807) is 18.5 Å². The van der Waals surface area contributed by atoms with Crippen molar-refractivity contribution in [3.63, 3.8) is 0 Å². The second-order valence-electron chi connectivity index (χ2n) is 4.42. The fraction of sp³-hybridized carbons (Fsp3) is 0.133. The minimum Gasteiger partial charge on any atom is -0.395 e. The van der Waals surface area contributed by atoms with Crippen LogP contribution >= 0.6 is 0 Å². The Morgan fingerprint density at radius 3 is 2.76 bits per heavy atom. The number of aromatic nitrogens is 3. The van der Waals surface area contributed by atoms with E-state index in [0.717, 1.165) is 10.8 Å². The predicted molar refractivity (Wildman–Crippen MR) is 82.6 cm³/mol. The van der Waals surface area contributed by atoms with E-state index in [-0.39, 0.29) is 6.61 Å². The molecule has 0 atom stereocenters. The summed E-state index contributed by atoms with van der Waals surface area (Å²) in [5.41, 5.74) is 0. The summed E-state index contributed by atoms with van der Waals surface area (Å²) >= 11 is 0. The van der Waals surface area contributed by atoms with E-state index in [4.69, 9.17) is 5.11 Å². The highest BCUT2D eigenvalue weighted by Gasteiger charge is 2.04. The van der Waals surface area contributed by atoms with Crippen LogP contribution in [0.5, 0.6) is 0 Å². The summed E-state index contributed by atoms with van der Waals surface area (Å²) in [5, 5.41) is 17.1. The molecule has 0 saturated carbocycles. The SMILES string of the molecule is OCCNc1ccnc(Nc2nccc3ccccc23)n1. The van der Waals surface area contributed by atoms with Crippen LogP contribution in [0.25, 0.3) is 10.8 Å². The van der Waals surface area contributed by atoms with Crippen LogP contribution in [-0.4, -0.2) is 33.2 Å². The van der Waals surface area contributed by atoms with Gasteiger partial charge in [-0.2, -0.15) is 4.98 Å². The molecular weight excluding hydrogens is 266 g/mol. The normalized spacial score (nSPS) is 10.5. The van der Waals surface area contributed by atoms with Gasteiger partial charge in [0.15, 0.2) is 0 Å². The summed E-state index contributed by atoms with van der Waals surface area (Å²) in [6.07, 6.45) is 3.40. The minimum atomic E-state index is 0.0532. The second kappa shape index (κ2) is 6.15. The first-order valence-electron chi connectivity index (χ1n) is 6.65. The van der Waals surface area contributed by atoms with Crippen molar-refractivity contribution in [3.05, 3.63) is 48.8 Å². The monoisotopic (exact) mass is 281 g/mol. The van der Waals surface area contributed by atoms with Crippen molar-refractivity contribution >= 4 is 28.4 Å². The van der Waals surface area contributed by atoms with Crippen molar-refractivity contribution in [3.8, 4) is 0 Å². The first-order chi connectivity index (χ1) is 10.4. The zero-order chi connectivity index (χ0) is 14.5. The molecule has 6 nitrogen and oxygen atoms in total. The molecule has 0 radical (unpaired) electrons. The van der Waals surface area contributed by atoms with Gasteiger partial charge >= 0.3 is 0 Å². The van der Waals surface area contributed by atoms with Crippen molar-refractivity contribution in [2.45, 2.75) is 0 Å². The van der Waals surface area contributed by atoms with E-state index in [1.165, 1.54) is 0 Å². The molecule has 106 valence electrons. The van der Waals surface area contributed by atoms with Gasteiger partial charge in [-0.1, -0.05) is 24.3 Å². The highest BCUT2D eigenvalue weighted by molar-refractivity contribution is 5.92. The topological polar surface area (TPSA) is 83.0 Å². The Hall–Kier alpha value is -2.73. The summed E-state index contributed by atoms with van der Waals surface area (Å²) < 4.78 is 0. The van der Waals surface area contributed by atoms with Crippen molar-refractivity contribution in [2.24, 2.45) is 0 Å². The van der Waals surface area contributed by atoms with Crippen LogP contribution < -0.4 is 10.6 Å². The van der Waals surface area contributed by atoms with Crippen LogP contribution in [0.15, 0.2) is 48.8 Å². The quantitative estimate of drug-likeness (QED) is 0.665. The van der Waals surface area contributed by atoms with Crippen molar-refractivity contribution in [2.75, 3.05) is 23.8 Å². The van der Waals surface area contributed by atoms with Crippen molar-refractivity contribution in [1.82, 2.24) is 15.0 Å². The molecule has 6 heteroatoms. The number of hydrogen-bond acceptors (Lipinski definition) is 6. The van der Waals surface area contributed by atoms with Crippen molar-refractivity contribution < 1.29 is 5.11 Å². The van der Waals surface area contributed by atoms with E-state index in [0.29, 0.717) is 24.1 Å². The van der Waals surface area contributed by atoms with Gasteiger partial charge in [-0.25, -0.2) is 9.97 Å². The van der Waals surface area contributed by atoms with Gasteiger partial charge in [0, 0.05) is 24.3 Å². The number of nitrogens with zero attached hydrogens (tertiary/aromatic N) is 3. The number of anilines is 3. The predicted octanol–water partition coefficient (Wildman–Crippen LogP) is 2.17. The van der Waals surface area contributed by atoms with Crippen LogP contribution in [0.3, 0.4) is 0 Å². The molecule has 0 aliphatic heterocycles. The average Bonchev–Trinajstić information content (AvgIpc) is 2.54. The number of nitrogens with one attached hydrogen (secondary N) is 2. The highest BCUT2D eigenvalue weighted by Crippen LogP contribution is 2.22. The number of benzene rings is 1. The van der Waals surface area contributed by atoms with Crippen molar-refractivity contribution in [1.29, 1.82) is 0 Å². The lowest BCUT2D eigenvalue weighted by atomic mass is 10.1. The molecule has 0 unspecified atom stereocenters. The molecule has 0 fully saturated rings. The van der Waals surface area contributed by atoms with Gasteiger partial charge in [-0.15, -0.1) is 0 Å². The molecular formula is C15H15N5O. The Morgan fingerprint density at radius 2 is 1.86 bits per heavy atom.